The van der Waals surface area contributed by atoms with E-state index >= 15 is 0 Å². The summed E-state index contributed by atoms with van der Waals surface area (Å²) >= 11 is 0. The minimum absolute atomic E-state index is 0.253. The number of nitrogens with two attached hydrogens (primary N) is 2. The lowest BCUT2D eigenvalue weighted by Crippen LogP contribution is -2.59. The fourth-order valence-electron chi connectivity index (χ4n) is 11.9. The van der Waals surface area contributed by atoms with E-state index in [-0.39, 0.29) is 5.41 Å². The molecule has 1 aromatic rings. The lowest BCUT2D eigenvalue weighted by molar-refractivity contribution is -0.191. The summed E-state index contributed by atoms with van der Waals surface area (Å²) in [5.41, 5.74) is 16.2. The van der Waals surface area contributed by atoms with Crippen molar-refractivity contribution in [2.24, 2.45) is 57.7 Å². The summed E-state index contributed by atoms with van der Waals surface area (Å²) in [5.74, 6) is 6.35. The first-order chi connectivity index (χ1) is 19.9. The zero-order valence-electron chi connectivity index (χ0n) is 28.5. The SMILES string of the molecule is CC(C)CCCC(C)[C@H]1CC[C@H]2[C@@H]3CCC4C(C)(C)C(OCCCCc5ccc(N)cc5N)CC[C@]4(C)[C@H]3CC[C@]12C. The van der Waals surface area contributed by atoms with Gasteiger partial charge < -0.3 is 16.2 Å². The standard InChI is InChI=1S/C39H66N2O/c1-26(2)11-10-12-27(3)31-17-18-32-30-16-19-35-37(4,5)36(21-23-39(35,7)33(30)20-22-38(31,32)6)42-24-9-8-13-28-14-15-29(40)25-34(28)41/h14-15,25-27,30-33,35-36H,8-13,16-24,40-41H2,1-7H3/t27?,30-,31+,32-,33-,35?,36?,38+,39+/m0/s1. The van der Waals surface area contributed by atoms with Crippen molar-refractivity contribution in [3.8, 4) is 0 Å². The summed E-state index contributed by atoms with van der Waals surface area (Å²) < 4.78 is 6.74. The highest BCUT2D eigenvalue weighted by atomic mass is 16.5. The second kappa shape index (κ2) is 12.6. The molecule has 9 atom stereocenters. The Balaban J connectivity index is 1.17. The van der Waals surface area contributed by atoms with E-state index < -0.39 is 0 Å². The summed E-state index contributed by atoms with van der Waals surface area (Å²) in [6.45, 7) is 18.9. The molecule has 3 heteroatoms. The first-order valence-corrected chi connectivity index (χ1v) is 18.1. The van der Waals surface area contributed by atoms with Gasteiger partial charge >= 0.3 is 0 Å². The van der Waals surface area contributed by atoms with Crippen molar-refractivity contribution in [2.75, 3.05) is 18.1 Å². The molecule has 0 spiro atoms. The van der Waals surface area contributed by atoms with E-state index in [1.165, 1.54) is 76.2 Å². The predicted octanol–water partition coefficient (Wildman–Crippen LogP) is 10.3. The van der Waals surface area contributed by atoms with Gasteiger partial charge in [-0.2, -0.15) is 0 Å². The molecule has 42 heavy (non-hydrogen) atoms. The average molecular weight is 579 g/mol. The smallest absolute Gasteiger partial charge is 0.0629 e. The molecule has 4 aliphatic rings. The van der Waals surface area contributed by atoms with E-state index in [1.54, 1.807) is 0 Å². The van der Waals surface area contributed by atoms with Crippen molar-refractivity contribution in [1.82, 2.24) is 0 Å². The highest BCUT2D eigenvalue weighted by Gasteiger charge is 2.63. The van der Waals surface area contributed by atoms with E-state index in [9.17, 15) is 0 Å². The number of hydrogen-bond acceptors (Lipinski definition) is 3. The number of hydrogen-bond donors (Lipinski definition) is 2. The molecule has 4 aliphatic carbocycles. The van der Waals surface area contributed by atoms with Crippen LogP contribution in [0, 0.1) is 57.7 Å². The van der Waals surface area contributed by atoms with Crippen LogP contribution in [0.15, 0.2) is 18.2 Å². The van der Waals surface area contributed by atoms with Gasteiger partial charge in [0.1, 0.15) is 0 Å². The molecule has 0 heterocycles. The van der Waals surface area contributed by atoms with Gasteiger partial charge in [0.05, 0.1) is 6.10 Å². The van der Waals surface area contributed by atoms with Gasteiger partial charge in [0.25, 0.3) is 0 Å². The van der Waals surface area contributed by atoms with Crippen LogP contribution in [0.5, 0.6) is 0 Å². The van der Waals surface area contributed by atoms with Crippen LogP contribution in [0.4, 0.5) is 11.4 Å². The lowest BCUT2D eigenvalue weighted by atomic mass is 9.41. The van der Waals surface area contributed by atoms with Crippen LogP contribution in [0.1, 0.15) is 138 Å². The van der Waals surface area contributed by atoms with E-state index in [0.29, 0.717) is 16.9 Å². The molecule has 238 valence electrons. The molecule has 0 saturated heterocycles. The Morgan fingerprint density at radius 2 is 1.55 bits per heavy atom. The minimum atomic E-state index is 0.253. The van der Waals surface area contributed by atoms with Gasteiger partial charge in [0, 0.05) is 18.0 Å². The lowest BCUT2D eigenvalue weighted by Gasteiger charge is -2.65. The van der Waals surface area contributed by atoms with Gasteiger partial charge in [0.15, 0.2) is 0 Å². The highest BCUT2D eigenvalue weighted by molar-refractivity contribution is 5.56. The second-order valence-electron chi connectivity index (χ2n) is 17.2. The molecular weight excluding hydrogens is 512 g/mol. The number of benzene rings is 1. The van der Waals surface area contributed by atoms with Crippen LogP contribution in [-0.4, -0.2) is 12.7 Å². The number of rotatable bonds is 11. The number of aryl methyl sites for hydroxylation is 1. The molecule has 3 unspecified atom stereocenters. The normalized spacial score (nSPS) is 38.1. The molecule has 3 nitrogen and oxygen atoms in total. The second-order valence-corrected chi connectivity index (χ2v) is 17.2. The maximum absolute atomic E-state index is 6.74. The topological polar surface area (TPSA) is 61.3 Å². The number of nitrogen functional groups attached to an aromatic ring is 2. The maximum atomic E-state index is 6.74. The van der Waals surface area contributed by atoms with Crippen LogP contribution >= 0.6 is 0 Å². The fourth-order valence-corrected chi connectivity index (χ4v) is 11.9. The van der Waals surface area contributed by atoms with Gasteiger partial charge in [-0.3, -0.25) is 0 Å². The van der Waals surface area contributed by atoms with Crippen LogP contribution in [-0.2, 0) is 11.2 Å². The van der Waals surface area contributed by atoms with Gasteiger partial charge in [-0.1, -0.05) is 73.8 Å². The fraction of sp³-hybridized carbons (Fsp3) is 0.846. The maximum Gasteiger partial charge on any atom is 0.0629 e. The first kappa shape index (κ1) is 32.2. The van der Waals surface area contributed by atoms with Crippen molar-refractivity contribution in [3.63, 3.8) is 0 Å². The van der Waals surface area contributed by atoms with Crippen LogP contribution < -0.4 is 11.5 Å². The van der Waals surface area contributed by atoms with E-state index in [1.807, 2.05) is 12.1 Å². The molecule has 5 rings (SSSR count). The van der Waals surface area contributed by atoms with E-state index in [4.69, 9.17) is 16.2 Å². The molecule has 4 fully saturated rings. The van der Waals surface area contributed by atoms with E-state index in [0.717, 1.165) is 78.7 Å². The van der Waals surface area contributed by atoms with Crippen molar-refractivity contribution in [1.29, 1.82) is 0 Å². The first-order valence-electron chi connectivity index (χ1n) is 18.1. The molecule has 0 aromatic heterocycles. The quantitative estimate of drug-likeness (QED) is 0.203. The van der Waals surface area contributed by atoms with E-state index in [2.05, 4.69) is 54.5 Å². The van der Waals surface area contributed by atoms with Crippen molar-refractivity contribution < 1.29 is 4.74 Å². The zero-order valence-corrected chi connectivity index (χ0v) is 28.5. The molecule has 1 aromatic carbocycles. The Bertz CT molecular complexity index is 1050. The summed E-state index contributed by atoms with van der Waals surface area (Å²) in [5, 5.41) is 0. The Morgan fingerprint density at radius 1 is 0.810 bits per heavy atom. The Morgan fingerprint density at radius 3 is 2.29 bits per heavy atom. The van der Waals surface area contributed by atoms with Crippen LogP contribution in [0.3, 0.4) is 0 Å². The third kappa shape index (κ3) is 6.03. The number of ether oxygens (including phenoxy) is 1. The average Bonchev–Trinajstić information content (AvgIpc) is 3.27. The zero-order chi connectivity index (χ0) is 30.3. The Hall–Kier alpha value is -1.22. The van der Waals surface area contributed by atoms with Crippen LogP contribution in [0.25, 0.3) is 0 Å². The molecule has 0 aliphatic heterocycles. The van der Waals surface area contributed by atoms with Crippen molar-refractivity contribution in [3.05, 3.63) is 23.8 Å². The molecule has 4 N–H and O–H groups in total. The largest absolute Gasteiger partial charge is 0.399 e. The highest BCUT2D eigenvalue weighted by Crippen LogP contribution is 2.70. The predicted molar refractivity (Wildman–Crippen MR) is 180 cm³/mol. The monoisotopic (exact) mass is 579 g/mol. The van der Waals surface area contributed by atoms with Crippen molar-refractivity contribution in [2.45, 2.75) is 144 Å². The molecule has 4 saturated carbocycles. The third-order valence-corrected chi connectivity index (χ3v) is 14.1. The summed E-state index contributed by atoms with van der Waals surface area (Å²) in [6, 6.07) is 5.93. The minimum Gasteiger partial charge on any atom is -0.399 e. The number of anilines is 2. The summed E-state index contributed by atoms with van der Waals surface area (Å²) in [6.07, 6.45) is 19.4. The van der Waals surface area contributed by atoms with Gasteiger partial charge in [-0.25, -0.2) is 0 Å². The third-order valence-electron chi connectivity index (χ3n) is 14.1. The van der Waals surface area contributed by atoms with Gasteiger partial charge in [0.2, 0.25) is 0 Å². The summed E-state index contributed by atoms with van der Waals surface area (Å²) in [7, 11) is 0. The molecule has 0 amide bonds. The Labute approximate surface area is 259 Å². The molecular formula is C39H66N2O. The van der Waals surface area contributed by atoms with Crippen LogP contribution in [0.2, 0.25) is 0 Å². The number of fused-ring (bicyclic) bond motifs is 5. The summed E-state index contributed by atoms with van der Waals surface area (Å²) in [4.78, 5) is 0. The molecule has 0 bridgehead atoms. The molecule has 0 radical (unpaired) electrons. The Kier molecular flexibility index (Phi) is 9.69. The van der Waals surface area contributed by atoms with Gasteiger partial charge in [-0.05, 0) is 146 Å². The van der Waals surface area contributed by atoms with Gasteiger partial charge in [-0.15, -0.1) is 0 Å². The number of unbranched alkanes of at least 4 members (excludes halogenated alkanes) is 1. The van der Waals surface area contributed by atoms with Crippen molar-refractivity contribution >= 4 is 11.4 Å².